The van der Waals surface area contributed by atoms with Gasteiger partial charge in [-0.15, -0.1) is 0 Å². The summed E-state index contributed by atoms with van der Waals surface area (Å²) < 4.78 is 13.1. The first-order valence-corrected chi connectivity index (χ1v) is 8.93. The van der Waals surface area contributed by atoms with Gasteiger partial charge >= 0.3 is 0 Å². The molecule has 26 heavy (non-hydrogen) atoms. The first-order chi connectivity index (χ1) is 12.6. The Balaban J connectivity index is 2.03. The van der Waals surface area contributed by atoms with Crippen LogP contribution in [0.5, 0.6) is 11.5 Å². The number of rotatable bonds is 5. The van der Waals surface area contributed by atoms with Crippen LogP contribution in [0.1, 0.15) is 20.3 Å². The van der Waals surface area contributed by atoms with E-state index in [1.807, 2.05) is 12.1 Å². The normalized spacial score (nSPS) is 11.7. The van der Waals surface area contributed by atoms with Crippen molar-refractivity contribution in [2.45, 2.75) is 26.8 Å². The summed E-state index contributed by atoms with van der Waals surface area (Å²) in [5.41, 5.74) is 4.65. The maximum absolute atomic E-state index is 5.42. The number of para-hydroxylation sites is 1. The fourth-order valence-electron chi connectivity index (χ4n) is 3.38. The van der Waals surface area contributed by atoms with E-state index in [9.17, 15) is 0 Å². The summed E-state index contributed by atoms with van der Waals surface area (Å²) in [7, 11) is 3.27. The first kappa shape index (κ1) is 16.6. The highest BCUT2D eigenvalue weighted by Crippen LogP contribution is 2.34. The third-order valence-electron chi connectivity index (χ3n) is 4.79. The molecule has 0 N–H and O–H groups in total. The van der Waals surface area contributed by atoms with Crippen molar-refractivity contribution in [3.8, 4) is 11.5 Å². The molecule has 0 saturated heterocycles. The number of hydrogen-bond acceptors (Lipinski definition) is 4. The predicted octanol–water partition coefficient (Wildman–Crippen LogP) is 4.80. The Hall–Kier alpha value is -2.82. The summed E-state index contributed by atoms with van der Waals surface area (Å²) in [6.45, 7) is 5.41. The molecule has 2 aromatic heterocycles. The second-order valence-electron chi connectivity index (χ2n) is 6.94. The highest BCUT2D eigenvalue weighted by Gasteiger charge is 2.16. The molecule has 2 aromatic carbocycles. The zero-order chi connectivity index (χ0) is 18.3. The van der Waals surface area contributed by atoms with Gasteiger partial charge in [0.1, 0.15) is 5.52 Å². The SMILES string of the molecule is COc1cc2nc3c4ccccc4n(CCC(C)C)c3nc2cc1OC. The van der Waals surface area contributed by atoms with Gasteiger partial charge in [-0.05, 0) is 18.4 Å². The molecule has 5 heteroatoms. The van der Waals surface area contributed by atoms with Crippen LogP contribution in [-0.2, 0) is 6.54 Å². The van der Waals surface area contributed by atoms with Gasteiger partial charge in [-0.25, -0.2) is 9.97 Å². The van der Waals surface area contributed by atoms with Gasteiger partial charge in [0.05, 0.1) is 30.8 Å². The van der Waals surface area contributed by atoms with E-state index >= 15 is 0 Å². The second-order valence-corrected chi connectivity index (χ2v) is 6.94. The minimum Gasteiger partial charge on any atom is -0.493 e. The average molecular weight is 349 g/mol. The molecule has 0 radical (unpaired) electrons. The van der Waals surface area contributed by atoms with Gasteiger partial charge in [0.2, 0.25) is 0 Å². The van der Waals surface area contributed by atoms with Crippen molar-refractivity contribution in [1.29, 1.82) is 0 Å². The lowest BCUT2D eigenvalue weighted by molar-refractivity contribution is 0.355. The number of nitrogens with zero attached hydrogens (tertiary/aromatic N) is 3. The van der Waals surface area contributed by atoms with Crippen molar-refractivity contribution in [1.82, 2.24) is 14.5 Å². The van der Waals surface area contributed by atoms with Crippen LogP contribution in [0, 0.1) is 5.92 Å². The molecule has 0 aliphatic carbocycles. The third-order valence-corrected chi connectivity index (χ3v) is 4.79. The van der Waals surface area contributed by atoms with E-state index in [4.69, 9.17) is 19.4 Å². The molecule has 2 heterocycles. The number of ether oxygens (including phenoxy) is 2. The largest absolute Gasteiger partial charge is 0.493 e. The predicted molar refractivity (Wildman–Crippen MR) is 105 cm³/mol. The number of benzene rings is 2. The molecule has 0 unspecified atom stereocenters. The fraction of sp³-hybridized carbons (Fsp3) is 0.333. The van der Waals surface area contributed by atoms with E-state index in [2.05, 4.69) is 42.7 Å². The summed E-state index contributed by atoms with van der Waals surface area (Å²) >= 11 is 0. The highest BCUT2D eigenvalue weighted by atomic mass is 16.5. The molecule has 4 rings (SSSR count). The zero-order valence-corrected chi connectivity index (χ0v) is 15.6. The van der Waals surface area contributed by atoms with Gasteiger partial charge in [0.25, 0.3) is 0 Å². The summed E-state index contributed by atoms with van der Waals surface area (Å²) in [5.74, 6) is 1.96. The lowest BCUT2D eigenvalue weighted by Gasteiger charge is -2.10. The van der Waals surface area contributed by atoms with E-state index in [0.29, 0.717) is 17.4 Å². The monoisotopic (exact) mass is 349 g/mol. The van der Waals surface area contributed by atoms with Crippen LogP contribution in [0.25, 0.3) is 33.1 Å². The molecule has 0 spiro atoms. The van der Waals surface area contributed by atoms with Gasteiger partial charge in [0.15, 0.2) is 17.1 Å². The fourth-order valence-corrected chi connectivity index (χ4v) is 3.38. The minimum absolute atomic E-state index is 0.629. The summed E-state index contributed by atoms with van der Waals surface area (Å²) in [6.07, 6.45) is 1.10. The topological polar surface area (TPSA) is 49.2 Å². The van der Waals surface area contributed by atoms with Crippen LogP contribution in [-0.4, -0.2) is 28.8 Å². The highest BCUT2D eigenvalue weighted by molar-refractivity contribution is 6.06. The quantitative estimate of drug-likeness (QED) is 0.519. The molecule has 134 valence electrons. The van der Waals surface area contributed by atoms with Crippen molar-refractivity contribution < 1.29 is 9.47 Å². The first-order valence-electron chi connectivity index (χ1n) is 8.93. The van der Waals surface area contributed by atoms with Crippen molar-refractivity contribution in [3.63, 3.8) is 0 Å². The Bertz CT molecular complexity index is 1100. The van der Waals surface area contributed by atoms with Gasteiger partial charge < -0.3 is 14.0 Å². The third kappa shape index (κ3) is 2.64. The number of aromatic nitrogens is 3. The summed E-state index contributed by atoms with van der Waals surface area (Å²) in [4.78, 5) is 9.86. The Kier molecular flexibility index (Phi) is 4.15. The van der Waals surface area contributed by atoms with Crippen LogP contribution < -0.4 is 9.47 Å². The van der Waals surface area contributed by atoms with Gasteiger partial charge in [-0.2, -0.15) is 0 Å². The smallest absolute Gasteiger partial charge is 0.163 e. The maximum atomic E-state index is 5.42. The molecule has 0 fully saturated rings. The van der Waals surface area contributed by atoms with Crippen LogP contribution in [0.2, 0.25) is 0 Å². The second kappa shape index (κ2) is 6.48. The van der Waals surface area contributed by atoms with Crippen molar-refractivity contribution in [3.05, 3.63) is 36.4 Å². The molecule has 0 amide bonds. The lowest BCUT2D eigenvalue weighted by atomic mass is 10.1. The van der Waals surface area contributed by atoms with E-state index in [1.54, 1.807) is 14.2 Å². The van der Waals surface area contributed by atoms with Crippen molar-refractivity contribution >= 4 is 33.1 Å². The average Bonchev–Trinajstić information content (AvgIpc) is 2.96. The van der Waals surface area contributed by atoms with Crippen molar-refractivity contribution in [2.24, 2.45) is 5.92 Å². The zero-order valence-electron chi connectivity index (χ0n) is 15.6. The molecular formula is C21H23N3O2. The van der Waals surface area contributed by atoms with Crippen LogP contribution >= 0.6 is 0 Å². The molecule has 4 aromatic rings. The molecule has 0 atom stereocenters. The minimum atomic E-state index is 0.629. The van der Waals surface area contributed by atoms with Crippen LogP contribution in [0.4, 0.5) is 0 Å². The van der Waals surface area contributed by atoms with E-state index < -0.39 is 0 Å². The number of fused-ring (bicyclic) bond motifs is 4. The van der Waals surface area contributed by atoms with Crippen LogP contribution in [0.15, 0.2) is 36.4 Å². The number of methoxy groups -OCH3 is 2. The molecule has 0 bridgehead atoms. The van der Waals surface area contributed by atoms with Gasteiger partial charge in [0, 0.05) is 24.1 Å². The Morgan fingerprint density at radius 2 is 1.62 bits per heavy atom. The van der Waals surface area contributed by atoms with Crippen molar-refractivity contribution in [2.75, 3.05) is 14.2 Å². The molecule has 0 aliphatic heterocycles. The van der Waals surface area contributed by atoms with Gasteiger partial charge in [-0.3, -0.25) is 0 Å². The Morgan fingerprint density at radius 3 is 2.27 bits per heavy atom. The molecule has 0 saturated carbocycles. The number of hydrogen-bond donors (Lipinski definition) is 0. The summed E-state index contributed by atoms with van der Waals surface area (Å²) in [6, 6.07) is 12.2. The molecule has 5 nitrogen and oxygen atoms in total. The van der Waals surface area contributed by atoms with Crippen LogP contribution in [0.3, 0.4) is 0 Å². The summed E-state index contributed by atoms with van der Waals surface area (Å²) in [5, 5.41) is 1.13. The molecule has 0 aliphatic rings. The standard InChI is InChI=1S/C21H23N3O2/c1-13(2)9-10-24-17-8-6-5-7-14(17)20-21(24)23-16-12-19(26-4)18(25-3)11-15(16)22-20/h5-8,11-13H,9-10H2,1-4H3. The molecular weight excluding hydrogens is 326 g/mol. The van der Waals surface area contributed by atoms with E-state index in [1.165, 1.54) is 5.52 Å². The van der Waals surface area contributed by atoms with Gasteiger partial charge in [-0.1, -0.05) is 32.0 Å². The Morgan fingerprint density at radius 1 is 0.962 bits per heavy atom. The van der Waals surface area contributed by atoms with E-state index in [0.717, 1.165) is 40.5 Å². The maximum Gasteiger partial charge on any atom is 0.163 e. The number of aryl methyl sites for hydroxylation is 1. The van der Waals surface area contributed by atoms with E-state index in [-0.39, 0.29) is 0 Å². The Labute approximate surface area is 152 Å². The lowest BCUT2D eigenvalue weighted by Crippen LogP contribution is -2.02.